The Morgan fingerprint density at radius 1 is 1.08 bits per heavy atom. The third-order valence-electron chi connectivity index (χ3n) is 3.30. The fourth-order valence-electron chi connectivity index (χ4n) is 2.11. The Kier molecular flexibility index (Phi) is 6.19. The van der Waals surface area contributed by atoms with E-state index < -0.39 is 11.9 Å². The molecule has 6 nitrogen and oxygen atoms in total. The Morgan fingerprint density at radius 2 is 1.80 bits per heavy atom. The van der Waals surface area contributed by atoms with Gasteiger partial charge >= 0.3 is 5.97 Å². The first-order valence-electron chi connectivity index (χ1n) is 7.18. The maximum absolute atomic E-state index is 12.1. The monoisotopic (exact) mass is 405 g/mol. The first-order chi connectivity index (χ1) is 11.9. The molecule has 2 N–H and O–H groups in total. The van der Waals surface area contributed by atoms with Crippen LogP contribution in [0.5, 0.6) is 11.5 Å². The molecule has 0 spiro atoms. The first kappa shape index (κ1) is 18.5. The van der Waals surface area contributed by atoms with Crippen LogP contribution in [0, 0.1) is 0 Å². The Hall–Kier alpha value is -2.80. The molecule has 0 aliphatic carbocycles. The van der Waals surface area contributed by atoms with E-state index in [-0.39, 0.29) is 11.3 Å². The van der Waals surface area contributed by atoms with Gasteiger partial charge in [-0.15, -0.1) is 0 Å². The van der Waals surface area contributed by atoms with Crippen LogP contribution >= 0.6 is 15.9 Å². The van der Waals surface area contributed by atoms with Crippen LogP contribution in [0.15, 0.2) is 46.9 Å². The van der Waals surface area contributed by atoms with E-state index in [9.17, 15) is 14.7 Å². The number of aromatic carboxylic acids is 1. The van der Waals surface area contributed by atoms with Crippen LogP contribution in [0.2, 0.25) is 0 Å². The Balaban J connectivity index is 2.17. The van der Waals surface area contributed by atoms with Crippen molar-refractivity contribution in [2.75, 3.05) is 19.5 Å². The van der Waals surface area contributed by atoms with E-state index in [1.807, 2.05) is 0 Å². The largest absolute Gasteiger partial charge is 0.493 e. The van der Waals surface area contributed by atoms with Crippen LogP contribution in [0.4, 0.5) is 5.69 Å². The molecule has 0 saturated heterocycles. The fourth-order valence-corrected chi connectivity index (χ4v) is 2.47. The van der Waals surface area contributed by atoms with Gasteiger partial charge in [-0.2, -0.15) is 0 Å². The van der Waals surface area contributed by atoms with Gasteiger partial charge in [-0.1, -0.05) is 22.0 Å². The summed E-state index contributed by atoms with van der Waals surface area (Å²) in [5.41, 5.74) is 0.959. The van der Waals surface area contributed by atoms with Gasteiger partial charge in [0, 0.05) is 10.5 Å². The predicted octanol–water partition coefficient (Wildman–Crippen LogP) is 3.82. The van der Waals surface area contributed by atoms with Crippen molar-refractivity contribution in [3.8, 4) is 11.5 Å². The van der Waals surface area contributed by atoms with Crippen molar-refractivity contribution in [1.82, 2.24) is 0 Å². The van der Waals surface area contributed by atoms with E-state index in [1.54, 1.807) is 37.5 Å². The molecule has 0 aliphatic rings. The summed E-state index contributed by atoms with van der Waals surface area (Å²) in [5.74, 6) is -0.434. The minimum absolute atomic E-state index is 0.0102. The maximum Gasteiger partial charge on any atom is 0.337 e. The Morgan fingerprint density at radius 3 is 2.44 bits per heavy atom. The van der Waals surface area contributed by atoms with Crippen molar-refractivity contribution in [2.24, 2.45) is 0 Å². The third kappa shape index (κ3) is 4.84. The van der Waals surface area contributed by atoms with Gasteiger partial charge in [0.1, 0.15) is 0 Å². The fraction of sp³-hybridized carbons (Fsp3) is 0.111. The molecule has 130 valence electrons. The van der Waals surface area contributed by atoms with Crippen molar-refractivity contribution >= 4 is 39.6 Å². The number of hydrogen-bond acceptors (Lipinski definition) is 4. The van der Waals surface area contributed by atoms with Crippen molar-refractivity contribution in [2.45, 2.75) is 0 Å². The SMILES string of the molecule is COc1ccc(/C=C/C(=O)Nc2cc(Br)ccc2C(=O)O)cc1OC. The molecule has 0 aliphatic heterocycles. The first-order valence-corrected chi connectivity index (χ1v) is 7.98. The lowest BCUT2D eigenvalue weighted by Gasteiger charge is -2.08. The number of anilines is 1. The molecule has 0 unspecified atom stereocenters. The molecule has 25 heavy (non-hydrogen) atoms. The molecule has 2 aromatic carbocycles. The standard InChI is InChI=1S/C18H16BrNO5/c1-24-15-7-3-11(9-16(15)25-2)4-8-17(21)20-14-10-12(19)5-6-13(14)18(22)23/h3-10H,1-2H3,(H,20,21)(H,22,23)/b8-4+. The number of methoxy groups -OCH3 is 2. The second-order valence-electron chi connectivity index (χ2n) is 4.93. The number of carboxylic acids is 1. The van der Waals surface area contributed by atoms with Crippen LogP contribution in [-0.4, -0.2) is 31.2 Å². The highest BCUT2D eigenvalue weighted by molar-refractivity contribution is 9.10. The zero-order valence-electron chi connectivity index (χ0n) is 13.6. The van der Waals surface area contributed by atoms with E-state index in [4.69, 9.17) is 9.47 Å². The lowest BCUT2D eigenvalue weighted by Crippen LogP contribution is -2.12. The molecule has 0 bridgehead atoms. The molecule has 2 rings (SSSR count). The number of nitrogens with one attached hydrogen (secondary N) is 1. The highest BCUT2D eigenvalue weighted by atomic mass is 79.9. The van der Waals surface area contributed by atoms with E-state index in [0.717, 1.165) is 5.56 Å². The summed E-state index contributed by atoms with van der Waals surface area (Å²) in [6, 6.07) is 9.77. The third-order valence-corrected chi connectivity index (χ3v) is 3.80. The number of ether oxygens (including phenoxy) is 2. The molecule has 0 saturated carbocycles. The summed E-state index contributed by atoms with van der Waals surface area (Å²) in [5, 5.41) is 11.7. The average molecular weight is 406 g/mol. The number of halogens is 1. The van der Waals surface area contributed by atoms with Gasteiger partial charge in [-0.3, -0.25) is 4.79 Å². The van der Waals surface area contributed by atoms with Crippen LogP contribution in [0.1, 0.15) is 15.9 Å². The van der Waals surface area contributed by atoms with Gasteiger partial charge < -0.3 is 19.9 Å². The van der Waals surface area contributed by atoms with Crippen molar-refractivity contribution in [1.29, 1.82) is 0 Å². The topological polar surface area (TPSA) is 84.9 Å². The summed E-state index contributed by atoms with van der Waals surface area (Å²) in [4.78, 5) is 23.3. The summed E-state index contributed by atoms with van der Waals surface area (Å²) in [6.07, 6.45) is 2.91. The average Bonchev–Trinajstić information content (AvgIpc) is 2.59. The minimum atomic E-state index is -1.12. The zero-order valence-corrected chi connectivity index (χ0v) is 15.2. The van der Waals surface area contributed by atoms with E-state index in [0.29, 0.717) is 16.0 Å². The molecule has 0 radical (unpaired) electrons. The number of carbonyl (C=O) groups excluding carboxylic acids is 1. The zero-order chi connectivity index (χ0) is 18.4. The Bertz CT molecular complexity index is 832. The van der Waals surface area contributed by atoms with Gasteiger partial charge in [-0.25, -0.2) is 4.79 Å². The van der Waals surface area contributed by atoms with Crippen molar-refractivity contribution < 1.29 is 24.2 Å². The molecule has 7 heteroatoms. The predicted molar refractivity (Wildman–Crippen MR) is 98.3 cm³/mol. The number of hydrogen-bond donors (Lipinski definition) is 2. The number of benzene rings is 2. The van der Waals surface area contributed by atoms with E-state index in [1.165, 1.54) is 25.3 Å². The van der Waals surface area contributed by atoms with E-state index >= 15 is 0 Å². The highest BCUT2D eigenvalue weighted by Crippen LogP contribution is 2.28. The molecular formula is C18H16BrNO5. The van der Waals surface area contributed by atoms with Gasteiger partial charge in [0.05, 0.1) is 25.5 Å². The van der Waals surface area contributed by atoms with Gasteiger partial charge in [-0.05, 0) is 42.0 Å². The van der Waals surface area contributed by atoms with Crippen LogP contribution < -0.4 is 14.8 Å². The van der Waals surface area contributed by atoms with Gasteiger partial charge in [0.2, 0.25) is 5.91 Å². The second-order valence-corrected chi connectivity index (χ2v) is 5.85. The van der Waals surface area contributed by atoms with Gasteiger partial charge in [0.15, 0.2) is 11.5 Å². The number of carboxylic acid groups (broad SMARTS) is 1. The quantitative estimate of drug-likeness (QED) is 0.713. The molecular weight excluding hydrogens is 390 g/mol. The lowest BCUT2D eigenvalue weighted by molar-refractivity contribution is -0.111. The summed E-state index contributed by atoms with van der Waals surface area (Å²) in [7, 11) is 3.07. The molecule has 0 fully saturated rings. The van der Waals surface area contributed by atoms with Crippen molar-refractivity contribution in [3.05, 3.63) is 58.1 Å². The van der Waals surface area contributed by atoms with E-state index in [2.05, 4.69) is 21.2 Å². The van der Waals surface area contributed by atoms with Crippen LogP contribution in [-0.2, 0) is 4.79 Å². The van der Waals surface area contributed by atoms with Crippen molar-refractivity contribution in [3.63, 3.8) is 0 Å². The second kappa shape index (κ2) is 8.34. The maximum atomic E-state index is 12.1. The summed E-state index contributed by atoms with van der Waals surface area (Å²) in [6.45, 7) is 0. The molecule has 0 heterocycles. The molecule has 2 aromatic rings. The lowest BCUT2D eigenvalue weighted by atomic mass is 10.1. The van der Waals surface area contributed by atoms with Crippen LogP contribution in [0.25, 0.3) is 6.08 Å². The summed E-state index contributed by atoms with van der Waals surface area (Å²) < 4.78 is 11.0. The molecule has 0 aromatic heterocycles. The smallest absolute Gasteiger partial charge is 0.337 e. The molecule has 0 atom stereocenters. The van der Waals surface area contributed by atoms with Crippen LogP contribution in [0.3, 0.4) is 0 Å². The Labute approximate surface area is 153 Å². The number of carbonyl (C=O) groups is 2. The van der Waals surface area contributed by atoms with Gasteiger partial charge in [0.25, 0.3) is 0 Å². The normalized spacial score (nSPS) is 10.5. The summed E-state index contributed by atoms with van der Waals surface area (Å²) >= 11 is 3.25. The number of rotatable bonds is 6. The number of amides is 1. The minimum Gasteiger partial charge on any atom is -0.493 e. The highest BCUT2D eigenvalue weighted by Gasteiger charge is 2.12. The molecule has 1 amide bonds.